The Kier molecular flexibility index (Phi) is 7.41. The molecule has 0 bridgehead atoms. The van der Waals surface area contributed by atoms with Crippen LogP contribution in [0.15, 0.2) is 6.07 Å². The van der Waals surface area contributed by atoms with Crippen molar-refractivity contribution in [1.29, 1.82) is 0 Å². The smallest absolute Gasteiger partial charge is 0.199 e. The van der Waals surface area contributed by atoms with E-state index in [4.69, 9.17) is 0 Å². The van der Waals surface area contributed by atoms with Crippen molar-refractivity contribution < 1.29 is 8.78 Å². The molecule has 1 heterocycles. The minimum atomic E-state index is -0.474. The fourth-order valence-electron chi connectivity index (χ4n) is 3.07. The van der Waals surface area contributed by atoms with Gasteiger partial charge in [0.2, 0.25) is 0 Å². The van der Waals surface area contributed by atoms with Crippen molar-refractivity contribution in [3.8, 4) is 0 Å². The summed E-state index contributed by atoms with van der Waals surface area (Å²) in [6.07, 6.45) is 9.95. The minimum Gasteiger partial charge on any atom is -0.297 e. The normalized spacial score (nSPS) is 14.4. The minimum absolute atomic E-state index is 0.241. The zero-order chi connectivity index (χ0) is 15.9. The summed E-state index contributed by atoms with van der Waals surface area (Å²) < 4.78 is 29.0. The van der Waals surface area contributed by atoms with Gasteiger partial charge in [-0.1, -0.05) is 65.7 Å². The summed E-state index contributed by atoms with van der Waals surface area (Å²) in [7, 11) is 1.46. The first-order valence-electron chi connectivity index (χ1n) is 8.47. The molecule has 0 N–H and O–H groups in total. The van der Waals surface area contributed by atoms with Crippen LogP contribution in [0.4, 0.5) is 8.78 Å². The van der Waals surface area contributed by atoms with Crippen LogP contribution in [0.3, 0.4) is 0 Å². The predicted molar refractivity (Wildman–Crippen MR) is 85.6 cm³/mol. The van der Waals surface area contributed by atoms with Gasteiger partial charge in [0.25, 0.3) is 0 Å². The molecule has 0 amide bonds. The van der Waals surface area contributed by atoms with Crippen molar-refractivity contribution in [3.63, 3.8) is 0 Å². The van der Waals surface area contributed by atoms with E-state index >= 15 is 0 Å². The highest BCUT2D eigenvalue weighted by Gasteiger charge is 2.31. The van der Waals surface area contributed by atoms with Crippen molar-refractivity contribution >= 4 is 0 Å². The maximum atomic E-state index is 14.3. The monoisotopic (exact) mass is 299 g/mol. The number of unbranched alkanes of at least 4 members (excludes halogenated alkanes) is 5. The van der Waals surface area contributed by atoms with E-state index in [9.17, 15) is 8.78 Å². The van der Waals surface area contributed by atoms with Crippen LogP contribution in [0.5, 0.6) is 0 Å². The second kappa shape index (κ2) is 8.55. The summed E-state index contributed by atoms with van der Waals surface area (Å²) in [5.74, 6) is -0.875. The molecular formula is C18H31F2N. The Morgan fingerprint density at radius 2 is 1.48 bits per heavy atom. The number of hydrogen-bond acceptors (Lipinski definition) is 0. The first kappa shape index (κ1) is 18.2. The van der Waals surface area contributed by atoms with Gasteiger partial charge in [0.1, 0.15) is 0 Å². The van der Waals surface area contributed by atoms with E-state index in [0.29, 0.717) is 5.56 Å². The Balaban J connectivity index is 2.86. The second-order valence-electron chi connectivity index (χ2n) is 6.56. The summed E-state index contributed by atoms with van der Waals surface area (Å²) in [5, 5.41) is 0. The lowest BCUT2D eigenvalue weighted by molar-refractivity contribution is 0.346. The van der Waals surface area contributed by atoms with E-state index in [1.165, 1.54) is 32.4 Å². The summed E-state index contributed by atoms with van der Waals surface area (Å²) >= 11 is 0. The molecule has 1 rings (SSSR count). The highest BCUT2D eigenvalue weighted by molar-refractivity contribution is 5.24. The Bertz CT molecular complexity index is 425. The molecule has 0 aromatic carbocycles. The summed E-state index contributed by atoms with van der Waals surface area (Å²) in [6.45, 7) is 6.46. The topological polar surface area (TPSA) is 4.93 Å². The molecule has 0 spiro atoms. The lowest BCUT2D eigenvalue weighted by Gasteiger charge is -2.29. The Morgan fingerprint density at radius 3 is 1.95 bits per heavy atom. The molecule has 21 heavy (non-hydrogen) atoms. The Labute approximate surface area is 128 Å². The fourth-order valence-corrected chi connectivity index (χ4v) is 3.07. The molecule has 1 aromatic heterocycles. The Hall–Kier alpha value is -0.860. The molecule has 122 valence electrons. The van der Waals surface area contributed by atoms with E-state index in [1.54, 1.807) is 0 Å². The van der Waals surface area contributed by atoms with Crippen LogP contribution in [0, 0.1) is 11.9 Å². The van der Waals surface area contributed by atoms with Crippen LogP contribution in [-0.4, -0.2) is 4.57 Å². The van der Waals surface area contributed by atoms with Gasteiger partial charge in [-0.3, -0.25) is 4.57 Å². The molecule has 1 atom stereocenters. The number of nitrogens with zero attached hydrogens (tertiary/aromatic N) is 1. The Morgan fingerprint density at radius 1 is 0.952 bits per heavy atom. The van der Waals surface area contributed by atoms with E-state index < -0.39 is 11.9 Å². The van der Waals surface area contributed by atoms with Crippen LogP contribution in [-0.2, 0) is 12.5 Å². The largest absolute Gasteiger partial charge is 0.297 e. The van der Waals surface area contributed by atoms with Gasteiger partial charge in [-0.25, -0.2) is 0 Å². The third kappa shape index (κ3) is 4.82. The quantitative estimate of drug-likeness (QED) is 0.459. The number of hydrogen-bond donors (Lipinski definition) is 0. The maximum Gasteiger partial charge on any atom is 0.199 e. The van der Waals surface area contributed by atoms with Crippen LogP contribution < -0.4 is 0 Å². The summed E-state index contributed by atoms with van der Waals surface area (Å²) in [5.41, 5.74) is 0.324. The van der Waals surface area contributed by atoms with Gasteiger partial charge in [0.05, 0.1) is 0 Å². The predicted octanol–water partition coefficient (Wildman–Crippen LogP) is 6.11. The molecule has 0 fully saturated rings. The van der Waals surface area contributed by atoms with Crippen molar-refractivity contribution in [3.05, 3.63) is 23.5 Å². The first-order chi connectivity index (χ1) is 9.96. The first-order valence-corrected chi connectivity index (χ1v) is 8.47. The van der Waals surface area contributed by atoms with Gasteiger partial charge in [0.15, 0.2) is 11.9 Å². The van der Waals surface area contributed by atoms with E-state index in [1.807, 2.05) is 0 Å². The molecule has 0 aliphatic heterocycles. The summed E-state index contributed by atoms with van der Waals surface area (Å²) in [4.78, 5) is 0. The number of halogens is 2. The van der Waals surface area contributed by atoms with Gasteiger partial charge in [-0.05, 0) is 24.3 Å². The van der Waals surface area contributed by atoms with Gasteiger partial charge in [-0.15, -0.1) is 0 Å². The van der Waals surface area contributed by atoms with Crippen LogP contribution in [0.2, 0.25) is 0 Å². The van der Waals surface area contributed by atoms with Gasteiger partial charge in [-0.2, -0.15) is 8.78 Å². The van der Waals surface area contributed by atoms with Crippen LogP contribution in [0.25, 0.3) is 0 Å². The molecule has 1 unspecified atom stereocenters. The standard InChI is InChI=1S/C18H31F2N/c1-5-7-9-11-13-18(3,12-10-8-6-2)15-14-16(19)21(4)17(15)20/h14H,5-13H2,1-4H3. The molecule has 0 aliphatic rings. The van der Waals surface area contributed by atoms with E-state index in [0.717, 1.165) is 43.1 Å². The lowest BCUT2D eigenvalue weighted by atomic mass is 9.75. The highest BCUT2D eigenvalue weighted by Crippen LogP contribution is 2.37. The van der Waals surface area contributed by atoms with E-state index in [2.05, 4.69) is 20.8 Å². The zero-order valence-electron chi connectivity index (χ0n) is 14.1. The molecule has 0 radical (unpaired) electrons. The molecule has 1 nitrogen and oxygen atoms in total. The lowest BCUT2D eigenvalue weighted by Crippen LogP contribution is -2.23. The van der Waals surface area contributed by atoms with Crippen molar-refractivity contribution in [1.82, 2.24) is 4.57 Å². The van der Waals surface area contributed by atoms with Gasteiger partial charge in [0, 0.05) is 12.6 Å². The van der Waals surface area contributed by atoms with Crippen LogP contribution in [0.1, 0.15) is 84.1 Å². The fraction of sp³-hybridized carbons (Fsp3) is 0.778. The average molecular weight is 299 g/mol. The molecule has 3 heteroatoms. The molecular weight excluding hydrogens is 268 g/mol. The third-order valence-corrected chi connectivity index (χ3v) is 4.67. The van der Waals surface area contributed by atoms with Crippen molar-refractivity contribution in [2.24, 2.45) is 7.05 Å². The van der Waals surface area contributed by atoms with E-state index in [-0.39, 0.29) is 5.41 Å². The third-order valence-electron chi connectivity index (χ3n) is 4.67. The SMILES string of the molecule is CCCCCCC(C)(CCCCC)c1cc(F)n(C)c1F. The van der Waals surface area contributed by atoms with Gasteiger partial charge >= 0.3 is 0 Å². The molecule has 0 saturated carbocycles. The second-order valence-corrected chi connectivity index (χ2v) is 6.56. The highest BCUT2D eigenvalue weighted by atomic mass is 19.1. The maximum absolute atomic E-state index is 14.3. The van der Waals surface area contributed by atoms with Crippen molar-refractivity contribution in [2.75, 3.05) is 0 Å². The van der Waals surface area contributed by atoms with Crippen LogP contribution >= 0.6 is 0 Å². The van der Waals surface area contributed by atoms with Gasteiger partial charge < -0.3 is 0 Å². The number of rotatable bonds is 10. The number of aromatic nitrogens is 1. The summed E-state index contributed by atoms with van der Waals surface area (Å²) in [6, 6.07) is 1.40. The molecule has 1 aromatic rings. The van der Waals surface area contributed by atoms with Crippen molar-refractivity contribution in [2.45, 2.75) is 84.0 Å². The average Bonchev–Trinajstić information content (AvgIpc) is 2.72. The zero-order valence-corrected chi connectivity index (χ0v) is 14.1. The molecule has 0 saturated heterocycles. The molecule has 0 aliphatic carbocycles.